The Kier molecular flexibility index (Phi) is 4.94. The minimum atomic E-state index is -4.87. The van der Waals surface area contributed by atoms with Crippen molar-refractivity contribution in [2.45, 2.75) is 12.8 Å². The van der Waals surface area contributed by atoms with Crippen LogP contribution in [0.25, 0.3) is 0 Å². The van der Waals surface area contributed by atoms with Crippen LogP contribution in [0.3, 0.4) is 0 Å². The van der Waals surface area contributed by atoms with E-state index in [2.05, 4.69) is 4.76 Å². The molecule has 0 radical (unpaired) electrons. The summed E-state index contributed by atoms with van der Waals surface area (Å²) in [6.45, 7) is 1.53. The number of hydrogen-bond acceptors (Lipinski definition) is 5. The summed E-state index contributed by atoms with van der Waals surface area (Å²) in [5.41, 5.74) is 0.0277. The first-order chi connectivity index (χ1) is 11.1. The van der Waals surface area contributed by atoms with Gasteiger partial charge in [-0.05, 0) is 17.7 Å². The Morgan fingerprint density at radius 3 is 2.46 bits per heavy atom. The minimum Gasteiger partial charge on any atom is -0.511 e. The summed E-state index contributed by atoms with van der Waals surface area (Å²) in [6, 6.07) is 5.94. The van der Waals surface area contributed by atoms with Crippen molar-refractivity contribution >= 4 is 19.2 Å². The van der Waals surface area contributed by atoms with E-state index < -0.39 is 42.6 Å². The molecule has 2 rings (SSSR count). The quantitative estimate of drug-likeness (QED) is 0.521. The molecule has 0 spiro atoms. The van der Waals surface area contributed by atoms with Crippen molar-refractivity contribution in [3.63, 3.8) is 0 Å². The lowest BCUT2D eigenvalue weighted by molar-refractivity contribution is -0.121. The third-order valence-corrected chi connectivity index (χ3v) is 4.00. The standard InChI is InChI=1S/C15H16NO7P/c1-8(9-3-2-4-10(17)5-9)15(20)14-12(16-24(21,22)23)6-11(18)7-13(14)19/h2-8,14,17-19H,1H3,(H2,21,22,23)/b16-12+. The van der Waals surface area contributed by atoms with Crippen molar-refractivity contribution in [2.24, 2.45) is 10.7 Å². The number of aromatic hydroxyl groups is 1. The van der Waals surface area contributed by atoms with Crippen molar-refractivity contribution in [1.82, 2.24) is 0 Å². The third kappa shape index (κ3) is 4.11. The van der Waals surface area contributed by atoms with Crippen LogP contribution in [-0.2, 0) is 9.36 Å². The number of nitrogens with zero attached hydrogens (tertiary/aromatic N) is 1. The summed E-state index contributed by atoms with van der Waals surface area (Å²) < 4.78 is 14.3. The fraction of sp³-hybridized carbons (Fsp3) is 0.200. The van der Waals surface area contributed by atoms with Crippen LogP contribution in [0.2, 0.25) is 0 Å². The van der Waals surface area contributed by atoms with E-state index in [-0.39, 0.29) is 5.75 Å². The maximum absolute atomic E-state index is 12.7. The van der Waals surface area contributed by atoms with Crippen molar-refractivity contribution < 1.29 is 34.5 Å². The Morgan fingerprint density at radius 1 is 1.21 bits per heavy atom. The molecule has 1 aliphatic carbocycles. The van der Waals surface area contributed by atoms with Gasteiger partial charge in [-0.2, -0.15) is 4.76 Å². The number of phenolic OH excluding ortho intramolecular Hbond substituents is 1. The molecule has 24 heavy (non-hydrogen) atoms. The first-order valence-corrected chi connectivity index (χ1v) is 8.44. The number of aliphatic hydroxyl groups is 2. The Hall–Kier alpha value is -2.41. The third-order valence-electron chi connectivity index (χ3n) is 3.51. The normalized spacial score (nSPS) is 21.1. The molecule has 8 nitrogen and oxygen atoms in total. The topological polar surface area (TPSA) is 148 Å². The van der Waals surface area contributed by atoms with Gasteiger partial charge in [-0.1, -0.05) is 19.1 Å². The van der Waals surface area contributed by atoms with Gasteiger partial charge in [-0.3, -0.25) is 4.79 Å². The minimum absolute atomic E-state index is 0.0443. The van der Waals surface area contributed by atoms with Gasteiger partial charge in [0.15, 0.2) is 5.78 Å². The lowest BCUT2D eigenvalue weighted by Gasteiger charge is -2.22. The maximum atomic E-state index is 12.7. The number of hydrogen-bond donors (Lipinski definition) is 5. The SMILES string of the molecule is CC(C(=O)C1C(O)=CC(O)=C/C1=N\P(=O)(O)O)c1cccc(O)c1. The van der Waals surface area contributed by atoms with Gasteiger partial charge < -0.3 is 25.1 Å². The summed E-state index contributed by atoms with van der Waals surface area (Å²) >= 11 is 0. The predicted molar refractivity (Wildman–Crippen MR) is 85.9 cm³/mol. The van der Waals surface area contributed by atoms with E-state index in [0.29, 0.717) is 5.56 Å². The van der Waals surface area contributed by atoms with E-state index in [0.717, 1.165) is 12.2 Å². The molecule has 0 bridgehead atoms. The zero-order valence-corrected chi connectivity index (χ0v) is 13.5. The molecule has 0 saturated carbocycles. The van der Waals surface area contributed by atoms with Gasteiger partial charge in [0.2, 0.25) is 0 Å². The molecule has 0 aromatic heterocycles. The Bertz CT molecular complexity index is 806. The summed E-state index contributed by atoms with van der Waals surface area (Å²) in [7, 11) is -4.87. The molecule has 0 saturated heterocycles. The monoisotopic (exact) mass is 353 g/mol. The van der Waals surface area contributed by atoms with Gasteiger partial charge in [0, 0.05) is 18.1 Å². The van der Waals surface area contributed by atoms with Gasteiger partial charge in [-0.15, -0.1) is 0 Å². The van der Waals surface area contributed by atoms with E-state index in [1.807, 2.05) is 0 Å². The highest BCUT2D eigenvalue weighted by molar-refractivity contribution is 7.50. The number of Topliss-reactive ketones (excluding diaryl/α,β-unsaturated/α-hetero) is 1. The van der Waals surface area contributed by atoms with E-state index in [1.54, 1.807) is 12.1 Å². The largest absolute Gasteiger partial charge is 0.511 e. The van der Waals surface area contributed by atoms with Crippen LogP contribution in [0.4, 0.5) is 0 Å². The molecule has 0 amide bonds. The highest BCUT2D eigenvalue weighted by Crippen LogP contribution is 2.39. The summed E-state index contributed by atoms with van der Waals surface area (Å²) in [4.78, 5) is 30.7. The summed E-state index contributed by atoms with van der Waals surface area (Å²) in [5, 5.41) is 29.0. The molecule has 128 valence electrons. The molecule has 2 atom stereocenters. The molecule has 0 fully saturated rings. The molecular weight excluding hydrogens is 337 g/mol. The molecule has 9 heteroatoms. The van der Waals surface area contributed by atoms with E-state index in [1.165, 1.54) is 19.1 Å². The zero-order valence-electron chi connectivity index (χ0n) is 12.6. The average Bonchev–Trinajstić information content (AvgIpc) is 2.43. The van der Waals surface area contributed by atoms with E-state index in [9.17, 15) is 24.7 Å². The van der Waals surface area contributed by atoms with Crippen LogP contribution in [0.5, 0.6) is 5.75 Å². The lowest BCUT2D eigenvalue weighted by atomic mass is 9.83. The molecular formula is C15H16NO7P. The Balaban J connectivity index is 2.43. The smallest absolute Gasteiger partial charge is 0.448 e. The van der Waals surface area contributed by atoms with Crippen LogP contribution < -0.4 is 0 Å². The maximum Gasteiger partial charge on any atom is 0.448 e. The van der Waals surface area contributed by atoms with Crippen molar-refractivity contribution in [3.8, 4) is 5.75 Å². The number of phenols is 1. The van der Waals surface area contributed by atoms with Gasteiger partial charge in [0.25, 0.3) is 0 Å². The second-order valence-electron chi connectivity index (χ2n) is 5.33. The first kappa shape index (κ1) is 17.9. The van der Waals surface area contributed by atoms with Gasteiger partial charge >= 0.3 is 7.75 Å². The van der Waals surface area contributed by atoms with Crippen LogP contribution in [0.1, 0.15) is 18.4 Å². The molecule has 1 aromatic rings. The van der Waals surface area contributed by atoms with Crippen LogP contribution in [0, 0.1) is 5.92 Å². The van der Waals surface area contributed by atoms with Gasteiger partial charge in [-0.25, -0.2) is 4.57 Å². The number of ketones is 1. The number of carbonyl (C=O) groups excluding carboxylic acids is 1. The molecule has 1 aromatic carbocycles. The number of benzene rings is 1. The molecule has 2 unspecified atom stereocenters. The van der Waals surface area contributed by atoms with Crippen LogP contribution in [-0.4, -0.2) is 36.6 Å². The Morgan fingerprint density at radius 2 is 1.88 bits per heavy atom. The fourth-order valence-electron chi connectivity index (χ4n) is 2.40. The highest BCUT2D eigenvalue weighted by Gasteiger charge is 2.35. The molecule has 5 N–H and O–H groups in total. The van der Waals surface area contributed by atoms with E-state index >= 15 is 0 Å². The average molecular weight is 353 g/mol. The second-order valence-corrected chi connectivity index (χ2v) is 6.56. The number of carbonyl (C=O) groups is 1. The number of rotatable bonds is 4. The highest BCUT2D eigenvalue weighted by atomic mass is 31.2. The van der Waals surface area contributed by atoms with Crippen molar-refractivity contribution in [2.75, 3.05) is 0 Å². The molecule has 1 aliphatic rings. The zero-order chi connectivity index (χ0) is 18.1. The fourth-order valence-corrected chi connectivity index (χ4v) is 2.87. The summed E-state index contributed by atoms with van der Waals surface area (Å²) in [5.74, 6) is -3.91. The lowest BCUT2D eigenvalue weighted by Crippen LogP contribution is -2.31. The Labute approximate surface area is 137 Å². The number of allylic oxidation sites excluding steroid dienone is 3. The first-order valence-electron chi connectivity index (χ1n) is 6.88. The second kappa shape index (κ2) is 6.60. The van der Waals surface area contributed by atoms with Crippen molar-refractivity contribution in [3.05, 3.63) is 53.5 Å². The van der Waals surface area contributed by atoms with Crippen LogP contribution >= 0.6 is 7.75 Å². The van der Waals surface area contributed by atoms with Gasteiger partial charge in [0.1, 0.15) is 23.2 Å². The molecule has 0 heterocycles. The van der Waals surface area contributed by atoms with E-state index in [4.69, 9.17) is 9.79 Å². The van der Waals surface area contributed by atoms with Gasteiger partial charge in [0.05, 0.1) is 5.71 Å². The molecule has 0 aliphatic heterocycles. The van der Waals surface area contributed by atoms with Crippen LogP contribution in [0.15, 0.2) is 52.7 Å². The summed E-state index contributed by atoms with van der Waals surface area (Å²) in [6.07, 6.45) is 1.83. The predicted octanol–water partition coefficient (Wildman–Crippen LogP) is 2.11. The number of aliphatic hydroxyl groups excluding tert-OH is 2. The van der Waals surface area contributed by atoms with Crippen molar-refractivity contribution in [1.29, 1.82) is 0 Å².